The van der Waals surface area contributed by atoms with Crippen LogP contribution in [0.5, 0.6) is 0 Å². The Morgan fingerprint density at radius 1 is 1.59 bits per heavy atom. The van der Waals surface area contributed by atoms with Crippen LogP contribution in [0.15, 0.2) is 12.4 Å². The van der Waals surface area contributed by atoms with Crippen LogP contribution < -0.4 is 5.32 Å². The first-order valence-electron chi connectivity index (χ1n) is 6.06. The molecule has 1 aromatic rings. The highest BCUT2D eigenvalue weighted by molar-refractivity contribution is 5.75. The molecule has 5 nitrogen and oxygen atoms in total. The standard InChI is InChI=1S/C12H21N3O2/c1-4-11-14-7-9-15(11)8-6-10(13-3)12(16)17-5-2/h7,9-10,13H,4-6,8H2,1-3H3. The molecular weight excluding hydrogens is 218 g/mol. The van der Waals surface area contributed by atoms with E-state index in [0.29, 0.717) is 13.0 Å². The second kappa shape index (κ2) is 7.06. The molecule has 0 saturated heterocycles. The molecule has 0 saturated carbocycles. The van der Waals surface area contributed by atoms with E-state index in [9.17, 15) is 4.79 Å². The molecule has 1 heterocycles. The molecular formula is C12H21N3O2. The third-order valence-corrected chi connectivity index (χ3v) is 2.70. The number of aromatic nitrogens is 2. The van der Waals surface area contributed by atoms with Crippen molar-refractivity contribution < 1.29 is 9.53 Å². The van der Waals surface area contributed by atoms with E-state index in [0.717, 1.165) is 18.8 Å². The fourth-order valence-electron chi connectivity index (χ4n) is 1.75. The molecule has 96 valence electrons. The van der Waals surface area contributed by atoms with Crippen LogP contribution >= 0.6 is 0 Å². The van der Waals surface area contributed by atoms with E-state index < -0.39 is 0 Å². The van der Waals surface area contributed by atoms with Gasteiger partial charge in [0.2, 0.25) is 0 Å². The topological polar surface area (TPSA) is 56.2 Å². The number of nitrogens with zero attached hydrogens (tertiary/aromatic N) is 2. The number of carbonyl (C=O) groups excluding carboxylic acids is 1. The second-order valence-electron chi connectivity index (χ2n) is 3.77. The highest BCUT2D eigenvalue weighted by Gasteiger charge is 2.17. The largest absolute Gasteiger partial charge is 0.465 e. The molecule has 0 bridgehead atoms. The summed E-state index contributed by atoms with van der Waals surface area (Å²) in [6, 6.07) is -0.248. The molecule has 0 spiro atoms. The van der Waals surface area contributed by atoms with Crippen LogP contribution in [0.2, 0.25) is 0 Å². The van der Waals surface area contributed by atoms with Gasteiger partial charge >= 0.3 is 5.97 Å². The maximum Gasteiger partial charge on any atom is 0.323 e. The van der Waals surface area contributed by atoms with Crippen molar-refractivity contribution in [3.8, 4) is 0 Å². The summed E-state index contributed by atoms with van der Waals surface area (Å²) in [4.78, 5) is 15.8. The number of carbonyl (C=O) groups is 1. The van der Waals surface area contributed by atoms with Gasteiger partial charge in [-0.15, -0.1) is 0 Å². The first-order valence-corrected chi connectivity index (χ1v) is 6.06. The summed E-state index contributed by atoms with van der Waals surface area (Å²) in [6.45, 7) is 5.07. The molecule has 1 aromatic heterocycles. The maximum atomic E-state index is 11.6. The van der Waals surface area contributed by atoms with Gasteiger partial charge in [-0.1, -0.05) is 6.92 Å². The van der Waals surface area contributed by atoms with Crippen molar-refractivity contribution in [2.24, 2.45) is 0 Å². The summed E-state index contributed by atoms with van der Waals surface area (Å²) >= 11 is 0. The molecule has 5 heteroatoms. The molecule has 1 rings (SSSR count). The van der Waals surface area contributed by atoms with Crippen LogP contribution in [-0.4, -0.2) is 35.2 Å². The van der Waals surface area contributed by atoms with Crippen molar-refractivity contribution in [2.45, 2.75) is 39.3 Å². The molecule has 0 radical (unpaired) electrons. The van der Waals surface area contributed by atoms with E-state index in [-0.39, 0.29) is 12.0 Å². The van der Waals surface area contributed by atoms with Crippen molar-refractivity contribution in [1.82, 2.24) is 14.9 Å². The Bertz CT molecular complexity index is 349. The fourth-order valence-corrected chi connectivity index (χ4v) is 1.75. The lowest BCUT2D eigenvalue weighted by atomic mass is 10.2. The number of rotatable bonds is 7. The monoisotopic (exact) mass is 239 g/mol. The lowest BCUT2D eigenvalue weighted by molar-refractivity contribution is -0.145. The number of nitrogens with one attached hydrogen (secondary N) is 1. The Balaban J connectivity index is 2.50. The Morgan fingerprint density at radius 2 is 2.35 bits per heavy atom. The molecule has 0 aliphatic rings. The lowest BCUT2D eigenvalue weighted by Gasteiger charge is -2.15. The molecule has 1 unspecified atom stereocenters. The number of likely N-dealkylation sites (N-methyl/N-ethyl adjacent to an activating group) is 1. The molecule has 0 aromatic carbocycles. The SMILES string of the molecule is CCOC(=O)C(CCn1ccnc1CC)NC. The predicted octanol–water partition coefficient (Wildman–Crippen LogP) is 0.987. The summed E-state index contributed by atoms with van der Waals surface area (Å²) < 4.78 is 7.07. The van der Waals surface area contributed by atoms with Crippen LogP contribution in [-0.2, 0) is 22.5 Å². The quantitative estimate of drug-likeness (QED) is 0.721. The minimum absolute atomic E-state index is 0.187. The van der Waals surface area contributed by atoms with E-state index >= 15 is 0 Å². The lowest BCUT2D eigenvalue weighted by Crippen LogP contribution is -2.36. The van der Waals surface area contributed by atoms with Crippen molar-refractivity contribution in [3.05, 3.63) is 18.2 Å². The zero-order chi connectivity index (χ0) is 12.7. The highest BCUT2D eigenvalue weighted by atomic mass is 16.5. The van der Waals surface area contributed by atoms with Crippen molar-refractivity contribution in [2.75, 3.05) is 13.7 Å². The Hall–Kier alpha value is -1.36. The van der Waals surface area contributed by atoms with Crippen LogP contribution in [0.4, 0.5) is 0 Å². The minimum Gasteiger partial charge on any atom is -0.465 e. The Morgan fingerprint density at radius 3 is 2.94 bits per heavy atom. The number of hydrogen-bond acceptors (Lipinski definition) is 4. The van der Waals surface area contributed by atoms with Gasteiger partial charge in [-0.05, 0) is 20.4 Å². The van der Waals surface area contributed by atoms with E-state index in [1.54, 1.807) is 13.2 Å². The van der Waals surface area contributed by atoms with Gasteiger partial charge in [0.1, 0.15) is 11.9 Å². The Labute approximate surface area is 102 Å². The zero-order valence-electron chi connectivity index (χ0n) is 10.8. The molecule has 0 aliphatic carbocycles. The first-order chi connectivity index (χ1) is 8.22. The second-order valence-corrected chi connectivity index (χ2v) is 3.77. The summed E-state index contributed by atoms with van der Waals surface area (Å²) in [5.41, 5.74) is 0. The van der Waals surface area contributed by atoms with E-state index in [4.69, 9.17) is 4.74 Å². The number of esters is 1. The maximum absolute atomic E-state index is 11.6. The van der Waals surface area contributed by atoms with Gasteiger partial charge in [-0.25, -0.2) is 4.98 Å². The van der Waals surface area contributed by atoms with E-state index in [1.807, 2.05) is 13.1 Å². The third-order valence-electron chi connectivity index (χ3n) is 2.70. The van der Waals surface area contributed by atoms with Gasteiger partial charge in [0.25, 0.3) is 0 Å². The van der Waals surface area contributed by atoms with Gasteiger partial charge in [0, 0.05) is 25.4 Å². The summed E-state index contributed by atoms with van der Waals surface area (Å²) in [7, 11) is 1.77. The molecule has 1 atom stereocenters. The number of imidazole rings is 1. The van der Waals surface area contributed by atoms with Gasteiger partial charge in [-0.2, -0.15) is 0 Å². The van der Waals surface area contributed by atoms with E-state index in [1.165, 1.54) is 0 Å². The normalized spacial score (nSPS) is 12.4. The molecule has 1 N–H and O–H groups in total. The summed E-state index contributed by atoms with van der Waals surface area (Å²) in [6.07, 6.45) is 5.34. The predicted molar refractivity (Wildman–Crippen MR) is 65.7 cm³/mol. The fraction of sp³-hybridized carbons (Fsp3) is 0.667. The number of aryl methyl sites for hydroxylation is 2. The molecule has 17 heavy (non-hydrogen) atoms. The van der Waals surface area contributed by atoms with Gasteiger partial charge in [-0.3, -0.25) is 4.79 Å². The highest BCUT2D eigenvalue weighted by Crippen LogP contribution is 2.03. The smallest absolute Gasteiger partial charge is 0.323 e. The van der Waals surface area contributed by atoms with Crippen LogP contribution in [0.1, 0.15) is 26.1 Å². The van der Waals surface area contributed by atoms with Crippen molar-refractivity contribution in [3.63, 3.8) is 0 Å². The summed E-state index contributed by atoms with van der Waals surface area (Å²) in [5.74, 6) is 0.858. The van der Waals surface area contributed by atoms with E-state index in [2.05, 4.69) is 21.8 Å². The average Bonchev–Trinajstić information content (AvgIpc) is 2.77. The molecule has 0 amide bonds. The van der Waals surface area contributed by atoms with Gasteiger partial charge < -0.3 is 14.6 Å². The summed E-state index contributed by atoms with van der Waals surface area (Å²) in [5, 5.41) is 2.98. The third kappa shape index (κ3) is 3.85. The average molecular weight is 239 g/mol. The minimum atomic E-state index is -0.248. The van der Waals surface area contributed by atoms with Crippen molar-refractivity contribution >= 4 is 5.97 Å². The Kier molecular flexibility index (Phi) is 5.69. The number of ether oxygens (including phenoxy) is 1. The van der Waals surface area contributed by atoms with Gasteiger partial charge in [0.05, 0.1) is 6.61 Å². The number of hydrogen-bond donors (Lipinski definition) is 1. The molecule has 0 fully saturated rings. The zero-order valence-corrected chi connectivity index (χ0v) is 10.8. The van der Waals surface area contributed by atoms with Crippen molar-refractivity contribution in [1.29, 1.82) is 0 Å². The first kappa shape index (κ1) is 13.7. The van der Waals surface area contributed by atoms with Crippen LogP contribution in [0, 0.1) is 0 Å². The van der Waals surface area contributed by atoms with Crippen LogP contribution in [0.3, 0.4) is 0 Å². The van der Waals surface area contributed by atoms with Crippen LogP contribution in [0.25, 0.3) is 0 Å². The molecule has 0 aliphatic heterocycles. The van der Waals surface area contributed by atoms with Gasteiger partial charge in [0.15, 0.2) is 0 Å².